The van der Waals surface area contributed by atoms with Crippen molar-refractivity contribution in [2.75, 3.05) is 5.32 Å². The van der Waals surface area contributed by atoms with E-state index in [4.69, 9.17) is 5.73 Å². The van der Waals surface area contributed by atoms with E-state index in [0.717, 1.165) is 5.56 Å². The molecule has 0 bridgehead atoms. The van der Waals surface area contributed by atoms with Crippen molar-refractivity contribution in [2.24, 2.45) is 5.73 Å². The minimum absolute atomic E-state index is 0.284. The third-order valence-corrected chi connectivity index (χ3v) is 3.01. The van der Waals surface area contributed by atoms with Crippen LogP contribution in [0.3, 0.4) is 0 Å². The minimum atomic E-state index is -0.851. The fourth-order valence-corrected chi connectivity index (χ4v) is 1.96. The van der Waals surface area contributed by atoms with Gasteiger partial charge in [0, 0.05) is 12.1 Å². The van der Waals surface area contributed by atoms with Crippen LogP contribution in [0.4, 0.5) is 14.9 Å². The fourth-order valence-electron chi connectivity index (χ4n) is 1.96. The topological polar surface area (TPSA) is 84.2 Å². The van der Waals surface area contributed by atoms with Gasteiger partial charge in [-0.3, -0.25) is 4.79 Å². The summed E-state index contributed by atoms with van der Waals surface area (Å²) in [6.45, 7) is 0. The van der Waals surface area contributed by atoms with Gasteiger partial charge in [-0.15, -0.1) is 0 Å². The number of rotatable bonds is 5. The Hall–Kier alpha value is -2.89. The largest absolute Gasteiger partial charge is 0.368 e. The molecule has 0 aromatic heterocycles. The van der Waals surface area contributed by atoms with E-state index in [1.54, 1.807) is 6.07 Å². The zero-order valence-electron chi connectivity index (χ0n) is 11.8. The summed E-state index contributed by atoms with van der Waals surface area (Å²) in [5.41, 5.74) is 6.47. The first-order valence-electron chi connectivity index (χ1n) is 6.71. The molecule has 2 aromatic rings. The summed E-state index contributed by atoms with van der Waals surface area (Å²) < 4.78 is 13.1. The average molecular weight is 301 g/mol. The number of primary amides is 1. The van der Waals surface area contributed by atoms with Gasteiger partial charge in [-0.25, -0.2) is 9.18 Å². The third kappa shape index (κ3) is 4.59. The van der Waals surface area contributed by atoms with Gasteiger partial charge in [-0.1, -0.05) is 36.4 Å². The predicted octanol–water partition coefficient (Wildman–Crippen LogP) is 2.04. The first-order valence-corrected chi connectivity index (χ1v) is 6.71. The SMILES string of the molecule is NC(=O)[C@@H](Cc1ccccc1)NC(=O)Nc1cccc(F)c1. The van der Waals surface area contributed by atoms with E-state index < -0.39 is 23.8 Å². The normalized spacial score (nSPS) is 11.5. The molecule has 0 fully saturated rings. The number of hydrogen-bond acceptors (Lipinski definition) is 2. The Labute approximate surface area is 127 Å². The number of hydrogen-bond donors (Lipinski definition) is 3. The van der Waals surface area contributed by atoms with Crippen LogP contribution in [-0.2, 0) is 11.2 Å². The standard InChI is InChI=1S/C16H16FN3O2/c17-12-7-4-8-13(10-12)19-16(22)20-14(15(18)21)9-11-5-2-1-3-6-11/h1-8,10,14H,9H2,(H2,18,21)(H2,19,20,22)/t14-/m1/s1. The molecule has 0 unspecified atom stereocenters. The van der Waals surface area contributed by atoms with Crippen LogP contribution >= 0.6 is 0 Å². The van der Waals surface area contributed by atoms with E-state index in [-0.39, 0.29) is 6.42 Å². The number of carbonyl (C=O) groups is 2. The minimum Gasteiger partial charge on any atom is -0.368 e. The quantitative estimate of drug-likeness (QED) is 0.789. The summed E-state index contributed by atoms with van der Waals surface area (Å²) >= 11 is 0. The highest BCUT2D eigenvalue weighted by atomic mass is 19.1. The Bertz CT molecular complexity index is 661. The highest BCUT2D eigenvalue weighted by Gasteiger charge is 2.18. The van der Waals surface area contributed by atoms with Gasteiger partial charge in [-0.05, 0) is 23.8 Å². The van der Waals surface area contributed by atoms with Crippen LogP contribution in [0.1, 0.15) is 5.56 Å². The van der Waals surface area contributed by atoms with E-state index in [9.17, 15) is 14.0 Å². The van der Waals surface area contributed by atoms with Gasteiger partial charge in [0.25, 0.3) is 0 Å². The van der Waals surface area contributed by atoms with Gasteiger partial charge in [0.15, 0.2) is 0 Å². The van der Waals surface area contributed by atoms with Crippen molar-refractivity contribution in [3.8, 4) is 0 Å². The number of anilines is 1. The van der Waals surface area contributed by atoms with Gasteiger partial charge >= 0.3 is 6.03 Å². The number of halogens is 1. The molecule has 0 aliphatic rings. The lowest BCUT2D eigenvalue weighted by Crippen LogP contribution is -2.47. The number of nitrogens with two attached hydrogens (primary N) is 1. The van der Waals surface area contributed by atoms with Crippen LogP contribution in [0, 0.1) is 5.82 Å². The summed E-state index contributed by atoms with van der Waals surface area (Å²) in [5.74, 6) is -1.10. The molecule has 2 rings (SSSR count). The highest BCUT2D eigenvalue weighted by molar-refractivity contribution is 5.93. The lowest BCUT2D eigenvalue weighted by Gasteiger charge is -2.16. The molecule has 2 aromatic carbocycles. The maximum Gasteiger partial charge on any atom is 0.319 e. The number of urea groups is 1. The zero-order chi connectivity index (χ0) is 15.9. The van der Waals surface area contributed by atoms with Gasteiger partial charge in [0.05, 0.1) is 0 Å². The molecule has 3 amide bonds. The summed E-state index contributed by atoms with van der Waals surface area (Å²) in [4.78, 5) is 23.3. The maximum atomic E-state index is 13.1. The number of amides is 3. The molecule has 0 saturated carbocycles. The molecule has 0 saturated heterocycles. The molecule has 1 atom stereocenters. The molecule has 0 aliphatic carbocycles. The molecule has 0 spiro atoms. The van der Waals surface area contributed by atoms with Crippen LogP contribution < -0.4 is 16.4 Å². The zero-order valence-corrected chi connectivity index (χ0v) is 11.8. The predicted molar refractivity (Wildman–Crippen MR) is 81.7 cm³/mol. The Morgan fingerprint density at radius 2 is 1.82 bits per heavy atom. The number of nitrogens with one attached hydrogen (secondary N) is 2. The van der Waals surface area contributed by atoms with E-state index in [0.29, 0.717) is 5.69 Å². The van der Waals surface area contributed by atoms with Crippen molar-refractivity contribution < 1.29 is 14.0 Å². The molecule has 114 valence electrons. The van der Waals surface area contributed by atoms with Crippen LogP contribution in [0.5, 0.6) is 0 Å². The molecule has 6 heteroatoms. The van der Waals surface area contributed by atoms with E-state index in [1.165, 1.54) is 18.2 Å². The van der Waals surface area contributed by atoms with Crippen molar-refractivity contribution in [1.29, 1.82) is 0 Å². The monoisotopic (exact) mass is 301 g/mol. The lowest BCUT2D eigenvalue weighted by molar-refractivity contribution is -0.119. The second kappa shape index (κ2) is 7.21. The van der Waals surface area contributed by atoms with Crippen LogP contribution in [0.2, 0.25) is 0 Å². The van der Waals surface area contributed by atoms with Gasteiger partial charge in [0.1, 0.15) is 11.9 Å². The van der Waals surface area contributed by atoms with Gasteiger partial charge in [-0.2, -0.15) is 0 Å². The molecular formula is C16H16FN3O2. The summed E-state index contributed by atoms with van der Waals surface area (Å²) in [6, 6.07) is 13.2. The van der Waals surface area contributed by atoms with Crippen LogP contribution in [0.15, 0.2) is 54.6 Å². The Morgan fingerprint density at radius 1 is 1.09 bits per heavy atom. The Kier molecular flexibility index (Phi) is 5.08. The van der Waals surface area contributed by atoms with Crippen molar-refractivity contribution in [1.82, 2.24) is 5.32 Å². The molecule has 0 aliphatic heterocycles. The van der Waals surface area contributed by atoms with Gasteiger partial charge in [0.2, 0.25) is 5.91 Å². The van der Waals surface area contributed by atoms with Crippen LogP contribution in [-0.4, -0.2) is 18.0 Å². The summed E-state index contributed by atoms with van der Waals surface area (Å²) in [7, 11) is 0. The van der Waals surface area contributed by atoms with Crippen LogP contribution in [0.25, 0.3) is 0 Å². The summed E-state index contributed by atoms with van der Waals surface area (Å²) in [5, 5.41) is 4.94. The van der Waals surface area contributed by atoms with Crippen molar-refractivity contribution in [3.05, 3.63) is 66.0 Å². The molecule has 0 heterocycles. The fraction of sp³-hybridized carbons (Fsp3) is 0.125. The van der Waals surface area contributed by atoms with E-state index >= 15 is 0 Å². The first-order chi connectivity index (χ1) is 10.5. The molecule has 22 heavy (non-hydrogen) atoms. The average Bonchev–Trinajstić information content (AvgIpc) is 2.47. The Morgan fingerprint density at radius 3 is 2.45 bits per heavy atom. The molecule has 5 nitrogen and oxygen atoms in total. The number of benzene rings is 2. The molecule has 4 N–H and O–H groups in total. The van der Waals surface area contributed by atoms with E-state index in [1.807, 2.05) is 30.3 Å². The third-order valence-electron chi connectivity index (χ3n) is 3.01. The lowest BCUT2D eigenvalue weighted by atomic mass is 10.1. The molecule has 0 radical (unpaired) electrons. The maximum absolute atomic E-state index is 13.1. The van der Waals surface area contributed by atoms with E-state index in [2.05, 4.69) is 10.6 Å². The highest BCUT2D eigenvalue weighted by Crippen LogP contribution is 2.09. The summed E-state index contributed by atoms with van der Waals surface area (Å²) in [6.07, 6.45) is 0.284. The Balaban J connectivity index is 1.98. The number of carbonyl (C=O) groups excluding carboxylic acids is 2. The second-order valence-corrected chi connectivity index (χ2v) is 4.75. The van der Waals surface area contributed by atoms with Crippen molar-refractivity contribution in [3.63, 3.8) is 0 Å². The first kappa shape index (κ1) is 15.5. The second-order valence-electron chi connectivity index (χ2n) is 4.75. The molecular weight excluding hydrogens is 285 g/mol. The smallest absolute Gasteiger partial charge is 0.319 e. The van der Waals surface area contributed by atoms with Crippen molar-refractivity contribution >= 4 is 17.6 Å². The van der Waals surface area contributed by atoms with Gasteiger partial charge < -0.3 is 16.4 Å². The van der Waals surface area contributed by atoms with Crippen molar-refractivity contribution in [2.45, 2.75) is 12.5 Å².